The van der Waals surface area contributed by atoms with E-state index in [1.807, 2.05) is 13.8 Å². The van der Waals surface area contributed by atoms with E-state index in [2.05, 4.69) is 27.5 Å². The topological polar surface area (TPSA) is 90.8 Å². The number of methoxy groups -OCH3 is 1. The van der Waals surface area contributed by atoms with Crippen molar-refractivity contribution in [3.63, 3.8) is 0 Å². The summed E-state index contributed by atoms with van der Waals surface area (Å²) in [6.45, 7) is 9.40. The van der Waals surface area contributed by atoms with E-state index in [0.717, 1.165) is 41.2 Å². The SMILES string of the molecule is C=C(N/C(C)=C(C)/C(=N\C)C(/C=N)=C/NC)N[C@H]1COC(CCOC)C1. The van der Waals surface area contributed by atoms with Gasteiger partial charge in [0.2, 0.25) is 0 Å². The molecule has 0 aromatic heterocycles. The summed E-state index contributed by atoms with van der Waals surface area (Å²) in [5, 5.41) is 17.2. The molecule has 7 heteroatoms. The summed E-state index contributed by atoms with van der Waals surface area (Å²) in [6, 6.07) is 0.241. The molecule has 0 aliphatic carbocycles. The first kappa shape index (κ1) is 21.9. The Balaban J connectivity index is 2.66. The second-order valence-corrected chi connectivity index (χ2v) is 6.27. The maximum absolute atomic E-state index is 7.58. The molecule has 0 saturated carbocycles. The van der Waals surface area contributed by atoms with E-state index in [0.29, 0.717) is 13.2 Å². The number of nitrogens with one attached hydrogen (secondary N) is 4. The van der Waals surface area contributed by atoms with E-state index < -0.39 is 0 Å². The van der Waals surface area contributed by atoms with Gasteiger partial charge in [0.15, 0.2) is 0 Å². The molecular formula is C19H33N5O2. The van der Waals surface area contributed by atoms with Crippen LogP contribution in [-0.2, 0) is 9.47 Å². The predicted molar refractivity (Wildman–Crippen MR) is 108 cm³/mol. The van der Waals surface area contributed by atoms with Gasteiger partial charge in [-0.25, -0.2) is 0 Å². The molecule has 0 aromatic rings. The maximum atomic E-state index is 7.58. The molecule has 0 aromatic carbocycles. The lowest BCUT2D eigenvalue weighted by Crippen LogP contribution is -2.34. The molecule has 1 aliphatic heterocycles. The molecule has 0 radical (unpaired) electrons. The van der Waals surface area contributed by atoms with Crippen molar-refractivity contribution in [2.24, 2.45) is 4.99 Å². The van der Waals surface area contributed by atoms with Gasteiger partial charge in [-0.15, -0.1) is 0 Å². The van der Waals surface area contributed by atoms with Crippen LogP contribution in [0, 0.1) is 5.41 Å². The van der Waals surface area contributed by atoms with E-state index in [4.69, 9.17) is 14.9 Å². The number of hydrogen-bond acceptors (Lipinski definition) is 7. The summed E-state index contributed by atoms with van der Waals surface area (Å²) in [6.07, 6.45) is 5.14. The molecule has 0 amide bonds. The molecule has 7 nitrogen and oxygen atoms in total. The normalized spacial score (nSPS) is 21.9. The van der Waals surface area contributed by atoms with Crippen LogP contribution in [0.4, 0.5) is 0 Å². The summed E-state index contributed by atoms with van der Waals surface area (Å²) in [7, 11) is 5.23. The largest absolute Gasteiger partial charge is 0.393 e. The van der Waals surface area contributed by atoms with Crippen LogP contribution < -0.4 is 16.0 Å². The minimum atomic E-state index is 0.235. The number of hydrogen-bond donors (Lipinski definition) is 4. The summed E-state index contributed by atoms with van der Waals surface area (Å²) in [4.78, 5) is 4.33. The van der Waals surface area contributed by atoms with Crippen LogP contribution in [0.25, 0.3) is 0 Å². The number of aliphatic imine (C=N–C) groups is 1. The standard InChI is InChI=1S/C19H33N5O2/c1-13(19(22-5)16(10-20)11-21-4)14(2)23-15(3)24-17-9-18(26-12-17)7-8-25-6/h10-11,17-18,20-21,23-24H,3,7-9,12H2,1-2,4-6H3/b14-13+,16-11+,20-10?,22-19+/t17-,18?/m1/s1. The fraction of sp³-hybridized carbons (Fsp3) is 0.579. The van der Waals surface area contributed by atoms with E-state index in [1.165, 1.54) is 6.21 Å². The van der Waals surface area contributed by atoms with Gasteiger partial charge in [-0.1, -0.05) is 6.58 Å². The van der Waals surface area contributed by atoms with Crippen LogP contribution in [-0.4, -0.2) is 58.5 Å². The van der Waals surface area contributed by atoms with Crippen LogP contribution in [0.5, 0.6) is 0 Å². The highest BCUT2D eigenvalue weighted by atomic mass is 16.5. The first-order chi connectivity index (χ1) is 12.5. The summed E-state index contributed by atoms with van der Waals surface area (Å²) >= 11 is 0. The Morgan fingerprint density at radius 1 is 1.42 bits per heavy atom. The van der Waals surface area contributed by atoms with Crippen LogP contribution in [0.2, 0.25) is 0 Å². The number of allylic oxidation sites excluding steroid dienone is 3. The minimum Gasteiger partial charge on any atom is -0.393 e. The molecule has 2 atom stereocenters. The van der Waals surface area contributed by atoms with Gasteiger partial charge in [-0.3, -0.25) is 4.99 Å². The average Bonchev–Trinajstić information content (AvgIpc) is 3.06. The Morgan fingerprint density at radius 2 is 2.15 bits per heavy atom. The second-order valence-electron chi connectivity index (χ2n) is 6.27. The Kier molecular flexibility index (Phi) is 9.69. The zero-order valence-electron chi connectivity index (χ0n) is 16.6. The quantitative estimate of drug-likeness (QED) is 0.421. The zero-order valence-corrected chi connectivity index (χ0v) is 16.6. The molecule has 1 fully saturated rings. The fourth-order valence-electron chi connectivity index (χ4n) is 2.88. The molecule has 1 aliphatic rings. The van der Waals surface area contributed by atoms with Crippen molar-refractivity contribution in [3.8, 4) is 0 Å². The number of rotatable bonds is 11. The smallest absolute Gasteiger partial charge is 0.0957 e. The average molecular weight is 364 g/mol. The highest BCUT2D eigenvalue weighted by Gasteiger charge is 2.25. The minimum absolute atomic E-state index is 0.235. The Hall–Kier alpha value is -2.12. The summed E-state index contributed by atoms with van der Waals surface area (Å²) in [5.41, 5.74) is 3.37. The molecule has 0 bridgehead atoms. The van der Waals surface area contributed by atoms with Gasteiger partial charge in [0.05, 0.1) is 30.3 Å². The third-order valence-electron chi connectivity index (χ3n) is 4.31. The van der Waals surface area contributed by atoms with Crippen LogP contribution in [0.15, 0.2) is 40.4 Å². The van der Waals surface area contributed by atoms with Crippen molar-refractivity contribution in [1.29, 1.82) is 5.41 Å². The highest BCUT2D eigenvalue weighted by molar-refractivity contribution is 6.23. The highest BCUT2D eigenvalue weighted by Crippen LogP contribution is 2.17. The molecule has 0 spiro atoms. The molecule has 1 heterocycles. The van der Waals surface area contributed by atoms with Crippen molar-refractivity contribution >= 4 is 11.9 Å². The lowest BCUT2D eigenvalue weighted by molar-refractivity contribution is 0.0741. The molecular weight excluding hydrogens is 330 g/mol. The predicted octanol–water partition coefficient (Wildman–Crippen LogP) is 1.95. The van der Waals surface area contributed by atoms with Crippen molar-refractivity contribution in [3.05, 3.63) is 35.4 Å². The van der Waals surface area contributed by atoms with E-state index in [1.54, 1.807) is 27.4 Å². The van der Waals surface area contributed by atoms with E-state index in [9.17, 15) is 0 Å². The van der Waals surface area contributed by atoms with Crippen LogP contribution >= 0.6 is 0 Å². The monoisotopic (exact) mass is 363 g/mol. The third-order valence-corrected chi connectivity index (χ3v) is 4.31. The van der Waals surface area contributed by atoms with Gasteiger partial charge in [0.1, 0.15) is 0 Å². The van der Waals surface area contributed by atoms with E-state index >= 15 is 0 Å². The van der Waals surface area contributed by atoms with Crippen molar-refractivity contribution in [2.75, 3.05) is 34.4 Å². The fourth-order valence-corrected chi connectivity index (χ4v) is 2.88. The molecule has 26 heavy (non-hydrogen) atoms. The van der Waals surface area contributed by atoms with Crippen LogP contribution in [0.1, 0.15) is 26.7 Å². The zero-order chi connectivity index (χ0) is 19.5. The van der Waals surface area contributed by atoms with Crippen LogP contribution in [0.3, 0.4) is 0 Å². The maximum Gasteiger partial charge on any atom is 0.0957 e. The number of nitrogens with zero attached hydrogens (tertiary/aromatic N) is 1. The van der Waals surface area contributed by atoms with Gasteiger partial charge in [-0.2, -0.15) is 0 Å². The van der Waals surface area contributed by atoms with E-state index in [-0.39, 0.29) is 12.1 Å². The summed E-state index contributed by atoms with van der Waals surface area (Å²) < 4.78 is 10.9. The lowest BCUT2D eigenvalue weighted by atomic mass is 10.0. The van der Waals surface area contributed by atoms with Gasteiger partial charge < -0.3 is 30.8 Å². The third kappa shape index (κ3) is 6.65. The molecule has 1 rings (SSSR count). The molecule has 4 N–H and O–H groups in total. The molecule has 146 valence electrons. The summed E-state index contributed by atoms with van der Waals surface area (Å²) in [5.74, 6) is 0.729. The van der Waals surface area contributed by atoms with Crippen molar-refractivity contribution in [2.45, 2.75) is 38.8 Å². The Labute approximate surface area is 157 Å². The molecule has 1 unspecified atom stereocenters. The van der Waals surface area contributed by atoms with Crippen molar-refractivity contribution in [1.82, 2.24) is 16.0 Å². The number of ether oxygens (including phenoxy) is 2. The second kappa shape index (κ2) is 11.5. The van der Waals surface area contributed by atoms with Crippen molar-refractivity contribution < 1.29 is 9.47 Å². The first-order valence-electron chi connectivity index (χ1n) is 8.82. The van der Waals surface area contributed by atoms with Gasteiger partial charge in [-0.05, 0) is 32.3 Å². The Bertz CT molecular complexity index is 580. The van der Waals surface area contributed by atoms with Gasteiger partial charge in [0.25, 0.3) is 0 Å². The lowest BCUT2D eigenvalue weighted by Gasteiger charge is -2.19. The molecule has 1 saturated heterocycles. The Morgan fingerprint density at radius 3 is 2.73 bits per heavy atom. The van der Waals surface area contributed by atoms with Gasteiger partial charge >= 0.3 is 0 Å². The first-order valence-corrected chi connectivity index (χ1v) is 8.82. The van der Waals surface area contributed by atoms with Gasteiger partial charge in [0, 0.05) is 51.5 Å².